The molecule has 3 heteroatoms. The van der Waals surface area contributed by atoms with E-state index in [2.05, 4.69) is 5.32 Å². The molecule has 0 saturated heterocycles. The highest BCUT2D eigenvalue weighted by Crippen LogP contribution is 2.56. The van der Waals surface area contributed by atoms with Gasteiger partial charge in [-0.05, 0) is 106 Å². The molecule has 4 saturated carbocycles. The lowest BCUT2D eigenvalue weighted by Crippen LogP contribution is -2.27. The zero-order chi connectivity index (χ0) is 21.8. The maximum absolute atomic E-state index is 3.98. The third kappa shape index (κ3) is 8.20. The molecule has 0 atom stereocenters. The van der Waals surface area contributed by atoms with Gasteiger partial charge < -0.3 is 5.32 Å². The van der Waals surface area contributed by atoms with Gasteiger partial charge in [-0.2, -0.15) is 0 Å². The average Bonchev–Trinajstić information content (AvgIpc) is 2.88. The van der Waals surface area contributed by atoms with Crippen LogP contribution in [0.4, 0.5) is 0 Å². The summed E-state index contributed by atoms with van der Waals surface area (Å²) < 4.78 is 0. The van der Waals surface area contributed by atoms with Gasteiger partial charge >= 0.3 is 0 Å². The molecule has 4 fully saturated rings. The van der Waals surface area contributed by atoms with Crippen LogP contribution in [0.5, 0.6) is 0 Å². The number of rotatable bonds is 11. The second kappa shape index (κ2) is 15.0. The van der Waals surface area contributed by atoms with Gasteiger partial charge in [0.05, 0.1) is 0 Å². The van der Waals surface area contributed by atoms with Crippen molar-refractivity contribution in [3.63, 3.8) is 0 Å². The molecular weight excluding hydrogens is 424 g/mol. The number of hydrogen-bond acceptors (Lipinski definition) is 1. The van der Waals surface area contributed by atoms with E-state index >= 15 is 0 Å². The van der Waals surface area contributed by atoms with E-state index < -0.39 is 0 Å². The van der Waals surface area contributed by atoms with Crippen molar-refractivity contribution in [3.8, 4) is 0 Å². The van der Waals surface area contributed by atoms with Gasteiger partial charge in [0.1, 0.15) is 0 Å². The Morgan fingerprint density at radius 1 is 0.406 bits per heavy atom. The van der Waals surface area contributed by atoms with Crippen LogP contribution in [0.25, 0.3) is 0 Å². The van der Waals surface area contributed by atoms with Gasteiger partial charge in [-0.15, -0.1) is 7.92 Å². The average molecular weight is 480 g/mol. The van der Waals surface area contributed by atoms with Crippen LogP contribution in [-0.2, 0) is 0 Å². The molecule has 1 N–H and O–H groups in total. The molecule has 0 aromatic heterocycles. The third-order valence-corrected chi connectivity index (χ3v) is 16.9. The molecule has 0 radical (unpaired) electrons. The van der Waals surface area contributed by atoms with Gasteiger partial charge in [0, 0.05) is 0 Å². The minimum Gasteiger partial charge on any atom is -0.316 e. The fourth-order valence-corrected chi connectivity index (χ4v) is 15.4. The van der Waals surface area contributed by atoms with E-state index in [1.54, 1.807) is 89.4 Å². The van der Waals surface area contributed by atoms with Crippen molar-refractivity contribution >= 4 is 15.8 Å². The van der Waals surface area contributed by atoms with E-state index in [0.29, 0.717) is 15.8 Å². The highest BCUT2D eigenvalue weighted by molar-refractivity contribution is 7.59. The summed E-state index contributed by atoms with van der Waals surface area (Å²) in [6.07, 6.45) is 35.7. The fraction of sp³-hybridized carbons (Fsp3) is 1.00. The first-order valence-corrected chi connectivity index (χ1v) is 18.5. The van der Waals surface area contributed by atoms with Crippen LogP contribution in [0.1, 0.15) is 135 Å². The fourth-order valence-electron chi connectivity index (χ4n) is 7.70. The number of nitrogens with one attached hydrogen (secondary N) is 1. The largest absolute Gasteiger partial charge is 0.316 e. The molecule has 4 rings (SSSR count). The van der Waals surface area contributed by atoms with E-state index in [4.69, 9.17) is 0 Å². The second-order valence-electron chi connectivity index (χ2n) is 11.7. The topological polar surface area (TPSA) is 12.0 Å². The van der Waals surface area contributed by atoms with Crippen LogP contribution in [0.2, 0.25) is 0 Å². The van der Waals surface area contributed by atoms with Gasteiger partial charge in [0.15, 0.2) is 0 Å². The first kappa shape index (κ1) is 25.9. The van der Waals surface area contributed by atoms with Crippen molar-refractivity contribution in [1.82, 2.24) is 5.32 Å². The highest BCUT2D eigenvalue weighted by Gasteiger charge is 2.31. The van der Waals surface area contributed by atoms with Crippen molar-refractivity contribution in [2.45, 2.75) is 157 Å². The highest BCUT2D eigenvalue weighted by atomic mass is 31.1. The molecule has 0 unspecified atom stereocenters. The van der Waals surface area contributed by atoms with Crippen molar-refractivity contribution in [2.24, 2.45) is 0 Å². The van der Waals surface area contributed by atoms with E-state index in [-0.39, 0.29) is 0 Å². The van der Waals surface area contributed by atoms with Gasteiger partial charge in [-0.3, -0.25) is 0 Å². The smallest absolute Gasteiger partial charge is 0.000930 e. The minimum atomic E-state index is 0.291. The van der Waals surface area contributed by atoms with Crippen molar-refractivity contribution < 1.29 is 0 Å². The predicted molar refractivity (Wildman–Crippen MR) is 149 cm³/mol. The summed E-state index contributed by atoms with van der Waals surface area (Å²) in [6, 6.07) is 0. The van der Waals surface area contributed by atoms with E-state index in [0.717, 1.165) is 22.6 Å². The van der Waals surface area contributed by atoms with Gasteiger partial charge in [0.2, 0.25) is 0 Å². The molecule has 0 aromatic rings. The van der Waals surface area contributed by atoms with Crippen LogP contribution in [-0.4, -0.2) is 48.0 Å². The Bertz CT molecular complexity index is 394. The number of hydrogen-bond donors (Lipinski definition) is 1. The van der Waals surface area contributed by atoms with Crippen LogP contribution in [0.3, 0.4) is 0 Å². The Hall–Kier alpha value is 0.820. The molecule has 0 bridgehead atoms. The Kier molecular flexibility index (Phi) is 12.2. The summed E-state index contributed by atoms with van der Waals surface area (Å²) in [4.78, 5) is 0. The summed E-state index contributed by atoms with van der Waals surface area (Å²) in [5.41, 5.74) is 4.56. The molecule has 0 aliphatic heterocycles. The van der Waals surface area contributed by atoms with E-state index in [9.17, 15) is 0 Å². The SMILES string of the molecule is C1CCC(P(CCCNCCP(C2CCCCC2)C2CCCCC2)C2CCCCC2)CC1. The standard InChI is InChI=1S/C29H55NP2/c1-5-14-26(15-6-1)31(27-16-7-2-8-17-27)24-13-22-30-23-25-32(28-18-9-3-10-19-28)29-20-11-4-12-21-29/h26-30H,1-25H2. The van der Waals surface area contributed by atoms with E-state index in [1.165, 1.54) is 70.9 Å². The molecule has 4 aliphatic carbocycles. The molecule has 0 spiro atoms. The summed E-state index contributed by atoms with van der Waals surface area (Å²) in [5.74, 6) is 0. The lowest BCUT2D eigenvalue weighted by Gasteiger charge is -2.39. The minimum absolute atomic E-state index is 0.291. The van der Waals surface area contributed by atoms with Crippen LogP contribution in [0.15, 0.2) is 0 Å². The molecule has 4 aliphatic rings. The molecule has 0 aromatic carbocycles. The normalized spacial score (nSPS) is 25.7. The van der Waals surface area contributed by atoms with Crippen molar-refractivity contribution in [1.29, 1.82) is 0 Å². The first-order valence-electron chi connectivity index (χ1n) is 15.1. The first-order chi connectivity index (χ1) is 15.9. The van der Waals surface area contributed by atoms with Gasteiger partial charge in [-0.1, -0.05) is 85.0 Å². The summed E-state index contributed by atoms with van der Waals surface area (Å²) in [6.45, 7) is 2.65. The van der Waals surface area contributed by atoms with Crippen LogP contribution < -0.4 is 5.32 Å². The third-order valence-electron chi connectivity index (χ3n) is 9.49. The molecular formula is C29H55NP2. The monoisotopic (exact) mass is 479 g/mol. The Balaban J connectivity index is 1.19. The predicted octanol–water partition coefficient (Wildman–Crippen LogP) is 9.26. The van der Waals surface area contributed by atoms with Crippen molar-refractivity contribution in [2.75, 3.05) is 25.4 Å². The molecule has 0 heterocycles. The molecule has 1 nitrogen and oxygen atoms in total. The zero-order valence-electron chi connectivity index (χ0n) is 21.4. The van der Waals surface area contributed by atoms with E-state index in [1.807, 2.05) is 0 Å². The molecule has 186 valence electrons. The van der Waals surface area contributed by atoms with Gasteiger partial charge in [0.25, 0.3) is 0 Å². The Labute approximate surface area is 203 Å². The van der Waals surface area contributed by atoms with Crippen LogP contribution in [0, 0.1) is 0 Å². The lowest BCUT2D eigenvalue weighted by molar-refractivity contribution is 0.482. The summed E-state index contributed by atoms with van der Waals surface area (Å²) in [7, 11) is 0.604. The van der Waals surface area contributed by atoms with Crippen molar-refractivity contribution in [3.05, 3.63) is 0 Å². The second-order valence-corrected chi connectivity index (χ2v) is 17.6. The summed E-state index contributed by atoms with van der Waals surface area (Å²) in [5, 5.41) is 3.98. The molecule has 0 amide bonds. The quantitative estimate of drug-likeness (QED) is 0.230. The maximum atomic E-state index is 3.98. The zero-order valence-corrected chi connectivity index (χ0v) is 23.2. The summed E-state index contributed by atoms with van der Waals surface area (Å²) >= 11 is 0. The Morgan fingerprint density at radius 3 is 1.12 bits per heavy atom. The maximum Gasteiger partial charge on any atom is -0.000930 e. The van der Waals surface area contributed by atoms with Crippen LogP contribution >= 0.6 is 15.8 Å². The van der Waals surface area contributed by atoms with Gasteiger partial charge in [-0.25, -0.2) is 0 Å². The molecule has 32 heavy (non-hydrogen) atoms. The Morgan fingerprint density at radius 2 is 0.750 bits per heavy atom. The lowest BCUT2D eigenvalue weighted by atomic mass is 9.99.